The van der Waals surface area contributed by atoms with Crippen molar-refractivity contribution in [2.75, 3.05) is 5.43 Å². The molecule has 0 amide bonds. The van der Waals surface area contributed by atoms with Crippen LogP contribution in [-0.2, 0) is 0 Å². The number of hydrogen-bond donors (Lipinski definition) is 1. The maximum absolute atomic E-state index is 4.66. The number of nitrogens with zero attached hydrogens (tertiary/aromatic N) is 1. The molecule has 1 N–H and O–H groups in total. The Hall–Kier alpha value is -2.61. The van der Waals surface area contributed by atoms with Crippen molar-refractivity contribution in [2.45, 2.75) is 59.3 Å². The van der Waals surface area contributed by atoms with Crippen LogP contribution in [-0.4, -0.2) is 6.21 Å². The van der Waals surface area contributed by atoms with Crippen molar-refractivity contribution in [3.05, 3.63) is 88.0 Å². The first-order chi connectivity index (χ1) is 13.4. The molecule has 28 heavy (non-hydrogen) atoms. The van der Waals surface area contributed by atoms with Crippen LogP contribution in [0.3, 0.4) is 0 Å². The van der Waals surface area contributed by atoms with Crippen molar-refractivity contribution in [1.29, 1.82) is 0 Å². The average Bonchev–Trinajstić information content (AvgIpc) is 3.00. The number of anilines is 1. The SMILES string of the molecule is CC1=C(C)C(c2ccccc2C=NNc2c(C(C)C)cccc2C(C)C)C=C1. The molecule has 1 aliphatic carbocycles. The number of hydrogen-bond acceptors (Lipinski definition) is 2. The summed E-state index contributed by atoms with van der Waals surface area (Å²) in [5.41, 5.74) is 12.4. The number of nitrogens with one attached hydrogen (secondary N) is 1. The Morgan fingerprint density at radius 1 is 0.893 bits per heavy atom. The highest BCUT2D eigenvalue weighted by atomic mass is 15.3. The third kappa shape index (κ3) is 4.11. The molecule has 146 valence electrons. The molecular weight excluding hydrogens is 340 g/mol. The molecule has 3 rings (SSSR count). The first-order valence-electron chi connectivity index (χ1n) is 10.3. The molecule has 0 bridgehead atoms. The fraction of sp³-hybridized carbons (Fsp3) is 0.346. The van der Waals surface area contributed by atoms with Gasteiger partial charge >= 0.3 is 0 Å². The molecule has 1 atom stereocenters. The minimum absolute atomic E-state index is 0.344. The number of benzene rings is 2. The van der Waals surface area contributed by atoms with Gasteiger partial charge in [0, 0.05) is 5.92 Å². The van der Waals surface area contributed by atoms with Crippen molar-refractivity contribution in [3.8, 4) is 0 Å². The maximum atomic E-state index is 4.66. The van der Waals surface area contributed by atoms with Gasteiger partial charge in [-0.05, 0) is 47.9 Å². The lowest BCUT2D eigenvalue weighted by Gasteiger charge is -2.19. The molecule has 2 aromatic carbocycles. The highest BCUT2D eigenvalue weighted by Crippen LogP contribution is 2.35. The topological polar surface area (TPSA) is 24.4 Å². The Balaban J connectivity index is 1.91. The Morgan fingerprint density at radius 3 is 2.11 bits per heavy atom. The van der Waals surface area contributed by atoms with Crippen molar-refractivity contribution in [2.24, 2.45) is 5.10 Å². The van der Waals surface area contributed by atoms with Crippen molar-refractivity contribution in [3.63, 3.8) is 0 Å². The van der Waals surface area contributed by atoms with Gasteiger partial charge in [0.2, 0.25) is 0 Å². The van der Waals surface area contributed by atoms with E-state index in [1.807, 2.05) is 6.21 Å². The molecule has 0 aliphatic heterocycles. The van der Waals surface area contributed by atoms with Crippen molar-refractivity contribution < 1.29 is 0 Å². The molecule has 0 saturated carbocycles. The lowest BCUT2D eigenvalue weighted by atomic mass is 9.90. The first-order valence-corrected chi connectivity index (χ1v) is 10.3. The van der Waals surface area contributed by atoms with Gasteiger partial charge in [-0.25, -0.2) is 0 Å². The van der Waals surface area contributed by atoms with Crippen molar-refractivity contribution in [1.82, 2.24) is 0 Å². The van der Waals surface area contributed by atoms with Crippen LogP contribution < -0.4 is 5.43 Å². The van der Waals surface area contributed by atoms with Gasteiger partial charge in [-0.2, -0.15) is 5.10 Å². The fourth-order valence-electron chi connectivity index (χ4n) is 3.86. The van der Waals surface area contributed by atoms with Crippen LogP contribution in [0, 0.1) is 0 Å². The second-order valence-corrected chi connectivity index (χ2v) is 8.32. The molecule has 0 heterocycles. The van der Waals surface area contributed by atoms with E-state index in [4.69, 9.17) is 0 Å². The zero-order valence-electron chi connectivity index (χ0n) is 18.0. The van der Waals surface area contributed by atoms with Crippen LogP contribution >= 0.6 is 0 Å². The molecule has 2 heteroatoms. The number of hydrazone groups is 1. The summed E-state index contributed by atoms with van der Waals surface area (Å²) < 4.78 is 0. The average molecular weight is 373 g/mol. The smallest absolute Gasteiger partial charge is 0.0630 e. The molecule has 0 radical (unpaired) electrons. The Labute approximate surface area is 170 Å². The van der Waals surface area contributed by atoms with E-state index >= 15 is 0 Å². The molecule has 0 saturated heterocycles. The first kappa shape index (κ1) is 20.1. The van der Waals surface area contributed by atoms with Crippen LogP contribution in [0.5, 0.6) is 0 Å². The summed E-state index contributed by atoms with van der Waals surface area (Å²) >= 11 is 0. The van der Waals surface area contributed by atoms with E-state index in [1.165, 1.54) is 27.8 Å². The Kier molecular flexibility index (Phi) is 6.18. The van der Waals surface area contributed by atoms with Gasteiger partial charge < -0.3 is 0 Å². The highest BCUT2D eigenvalue weighted by Gasteiger charge is 2.18. The van der Waals surface area contributed by atoms with Gasteiger partial charge in [0.1, 0.15) is 0 Å². The van der Waals surface area contributed by atoms with Crippen LogP contribution in [0.2, 0.25) is 0 Å². The molecule has 0 aromatic heterocycles. The van der Waals surface area contributed by atoms with Gasteiger partial charge in [-0.15, -0.1) is 0 Å². The normalized spacial score (nSPS) is 16.8. The highest BCUT2D eigenvalue weighted by molar-refractivity contribution is 5.83. The molecule has 0 fully saturated rings. The Bertz CT molecular complexity index is 903. The standard InChI is InChI=1S/C26H32N2/c1-17(2)22-12-9-13-23(18(3)4)26(22)28-27-16-21-10-7-8-11-25(21)24-15-14-19(5)20(24)6/h7-18,24,28H,1-6H3. The largest absolute Gasteiger partial charge is 0.278 e. The lowest BCUT2D eigenvalue weighted by Crippen LogP contribution is -2.04. The van der Waals surface area contributed by atoms with Crippen LogP contribution in [0.25, 0.3) is 0 Å². The molecular formula is C26H32N2. The van der Waals surface area contributed by atoms with Gasteiger partial charge in [0.25, 0.3) is 0 Å². The molecule has 1 aliphatic rings. The number of rotatable bonds is 6. The number of allylic oxidation sites excluding steroid dienone is 4. The van der Waals surface area contributed by atoms with E-state index in [1.54, 1.807) is 0 Å². The molecule has 1 unspecified atom stereocenters. The number of para-hydroxylation sites is 1. The second-order valence-electron chi connectivity index (χ2n) is 8.32. The minimum Gasteiger partial charge on any atom is -0.278 e. The van der Waals surface area contributed by atoms with E-state index in [0.29, 0.717) is 17.8 Å². The van der Waals surface area contributed by atoms with Gasteiger partial charge in [-0.1, -0.05) is 93.5 Å². The second kappa shape index (κ2) is 8.60. The van der Waals surface area contributed by atoms with Crippen LogP contribution in [0.1, 0.15) is 81.5 Å². The zero-order valence-corrected chi connectivity index (χ0v) is 18.0. The summed E-state index contributed by atoms with van der Waals surface area (Å²) in [6, 6.07) is 15.1. The predicted molar refractivity (Wildman–Crippen MR) is 123 cm³/mol. The van der Waals surface area contributed by atoms with Gasteiger partial charge in [-0.3, -0.25) is 5.43 Å². The van der Waals surface area contributed by atoms with Crippen molar-refractivity contribution >= 4 is 11.9 Å². The third-order valence-corrected chi connectivity index (χ3v) is 5.71. The van der Waals surface area contributed by atoms with E-state index in [-0.39, 0.29) is 0 Å². The molecule has 2 aromatic rings. The summed E-state index contributed by atoms with van der Waals surface area (Å²) in [6.45, 7) is 13.3. The summed E-state index contributed by atoms with van der Waals surface area (Å²) in [5.74, 6) is 1.24. The maximum Gasteiger partial charge on any atom is 0.0630 e. The molecule has 0 spiro atoms. The summed E-state index contributed by atoms with van der Waals surface area (Å²) in [6.07, 6.45) is 6.47. The Morgan fingerprint density at radius 2 is 1.54 bits per heavy atom. The summed E-state index contributed by atoms with van der Waals surface area (Å²) in [7, 11) is 0. The molecule has 2 nitrogen and oxygen atoms in total. The fourth-order valence-corrected chi connectivity index (χ4v) is 3.86. The minimum atomic E-state index is 0.344. The van der Waals surface area contributed by atoms with Crippen LogP contribution in [0.4, 0.5) is 5.69 Å². The summed E-state index contributed by atoms with van der Waals surface area (Å²) in [5, 5.41) is 4.66. The summed E-state index contributed by atoms with van der Waals surface area (Å²) in [4.78, 5) is 0. The van der Waals surface area contributed by atoms with Gasteiger partial charge in [0.05, 0.1) is 11.9 Å². The zero-order chi connectivity index (χ0) is 20.3. The monoisotopic (exact) mass is 372 g/mol. The third-order valence-electron chi connectivity index (χ3n) is 5.71. The predicted octanol–water partition coefficient (Wildman–Crippen LogP) is 7.37. The van der Waals surface area contributed by atoms with Gasteiger partial charge in [0.15, 0.2) is 0 Å². The van der Waals surface area contributed by atoms with Crippen LogP contribution in [0.15, 0.2) is 70.9 Å². The lowest BCUT2D eigenvalue weighted by molar-refractivity contribution is 0.835. The van der Waals surface area contributed by atoms with E-state index in [2.05, 4.69) is 107 Å². The van der Waals surface area contributed by atoms with E-state index in [0.717, 1.165) is 11.3 Å². The quantitative estimate of drug-likeness (QED) is 0.415. The van der Waals surface area contributed by atoms with E-state index < -0.39 is 0 Å². The van der Waals surface area contributed by atoms with E-state index in [9.17, 15) is 0 Å².